The smallest absolute Gasteiger partial charge is 0.195 e. The Labute approximate surface area is 126 Å². The number of nitrogens with zero attached hydrogens (tertiary/aromatic N) is 1. The van der Waals surface area contributed by atoms with E-state index in [0.717, 1.165) is 5.39 Å². The molecule has 0 saturated heterocycles. The van der Waals surface area contributed by atoms with Crippen LogP contribution in [0.1, 0.15) is 26.3 Å². The number of aldehydes is 1. The van der Waals surface area contributed by atoms with Crippen molar-refractivity contribution in [2.45, 2.75) is 0 Å². The molecule has 0 unspecified atom stereocenters. The summed E-state index contributed by atoms with van der Waals surface area (Å²) in [6, 6.07) is 16.9. The topological polar surface area (TPSA) is 63.6 Å². The Morgan fingerprint density at radius 3 is 2.32 bits per heavy atom. The van der Waals surface area contributed by atoms with Gasteiger partial charge >= 0.3 is 0 Å². The van der Waals surface area contributed by atoms with Gasteiger partial charge in [-0.2, -0.15) is 0 Å². The van der Waals surface area contributed by atoms with Gasteiger partial charge in [-0.05, 0) is 16.6 Å². The molecular formula is C18H11NO3. The fraction of sp³-hybridized carbons (Fsp3) is 0. The van der Waals surface area contributed by atoms with E-state index < -0.39 is 0 Å². The van der Waals surface area contributed by atoms with Gasteiger partial charge in [-0.25, -0.2) is 0 Å². The summed E-state index contributed by atoms with van der Waals surface area (Å²) in [7, 11) is 0. The van der Waals surface area contributed by atoms with Crippen molar-refractivity contribution in [1.29, 1.82) is 0 Å². The predicted octanol–water partition coefficient (Wildman–Crippen LogP) is 4.28. The quantitative estimate of drug-likeness (QED) is 0.409. The maximum Gasteiger partial charge on any atom is 0.195 e. The summed E-state index contributed by atoms with van der Waals surface area (Å²) >= 11 is 0. The van der Waals surface area contributed by atoms with Crippen LogP contribution >= 0.6 is 0 Å². The molecule has 0 spiro atoms. The molecule has 0 atom stereocenters. The lowest BCUT2D eigenvalue weighted by atomic mass is 9.97. The zero-order valence-electron chi connectivity index (χ0n) is 11.5. The van der Waals surface area contributed by atoms with E-state index in [0.29, 0.717) is 22.8 Å². The zero-order chi connectivity index (χ0) is 15.5. The highest BCUT2D eigenvalue weighted by Gasteiger charge is 2.16. The monoisotopic (exact) mass is 289 g/mol. The second kappa shape index (κ2) is 5.69. The van der Waals surface area contributed by atoms with Gasteiger partial charge in [-0.15, -0.1) is 4.91 Å². The van der Waals surface area contributed by atoms with E-state index >= 15 is 0 Å². The molecule has 22 heavy (non-hydrogen) atoms. The van der Waals surface area contributed by atoms with Gasteiger partial charge in [0.15, 0.2) is 5.78 Å². The summed E-state index contributed by atoms with van der Waals surface area (Å²) < 4.78 is 0. The first-order valence-electron chi connectivity index (χ1n) is 6.69. The summed E-state index contributed by atoms with van der Waals surface area (Å²) in [6.07, 6.45) is 0.711. The Bertz CT molecular complexity index is 882. The van der Waals surface area contributed by atoms with Crippen LogP contribution < -0.4 is 0 Å². The summed E-state index contributed by atoms with van der Waals surface area (Å²) in [4.78, 5) is 34.5. The number of benzene rings is 3. The molecular weight excluding hydrogens is 278 g/mol. The highest BCUT2D eigenvalue weighted by Crippen LogP contribution is 2.31. The van der Waals surface area contributed by atoms with Gasteiger partial charge in [0.2, 0.25) is 0 Å². The van der Waals surface area contributed by atoms with Gasteiger partial charge in [0, 0.05) is 16.5 Å². The Balaban J connectivity index is 2.14. The van der Waals surface area contributed by atoms with E-state index in [9.17, 15) is 14.5 Å². The van der Waals surface area contributed by atoms with Crippen LogP contribution in [0.15, 0.2) is 65.8 Å². The molecule has 4 nitrogen and oxygen atoms in total. The number of carbonyl (C=O) groups is 2. The van der Waals surface area contributed by atoms with Gasteiger partial charge < -0.3 is 0 Å². The number of hydrogen-bond donors (Lipinski definition) is 0. The Morgan fingerprint density at radius 2 is 1.64 bits per heavy atom. The Hall–Kier alpha value is -3.14. The van der Waals surface area contributed by atoms with Crippen molar-refractivity contribution in [2.75, 3.05) is 0 Å². The minimum atomic E-state index is -0.294. The maximum absolute atomic E-state index is 12.6. The van der Waals surface area contributed by atoms with Crippen LogP contribution in [0, 0.1) is 4.91 Å². The molecule has 3 aromatic carbocycles. The van der Waals surface area contributed by atoms with Crippen molar-refractivity contribution >= 4 is 28.5 Å². The van der Waals surface area contributed by atoms with Crippen LogP contribution in [-0.4, -0.2) is 12.1 Å². The molecule has 0 aliphatic rings. The second-order valence-electron chi connectivity index (χ2n) is 4.84. The average Bonchev–Trinajstić information content (AvgIpc) is 2.60. The molecule has 4 heteroatoms. The number of hydrogen-bond acceptors (Lipinski definition) is 4. The van der Waals surface area contributed by atoms with Crippen molar-refractivity contribution in [2.24, 2.45) is 5.18 Å². The van der Waals surface area contributed by atoms with Crippen LogP contribution in [0.25, 0.3) is 10.8 Å². The van der Waals surface area contributed by atoms with Gasteiger partial charge in [-0.1, -0.05) is 54.6 Å². The minimum Gasteiger partial charge on any atom is -0.298 e. The lowest BCUT2D eigenvalue weighted by molar-refractivity contribution is 0.103. The fourth-order valence-electron chi connectivity index (χ4n) is 2.41. The lowest BCUT2D eigenvalue weighted by Crippen LogP contribution is -2.02. The van der Waals surface area contributed by atoms with E-state index in [4.69, 9.17) is 0 Å². The molecule has 0 saturated carbocycles. The van der Waals surface area contributed by atoms with Crippen LogP contribution in [0.5, 0.6) is 0 Å². The van der Waals surface area contributed by atoms with Crippen LogP contribution in [0.2, 0.25) is 0 Å². The van der Waals surface area contributed by atoms with Gasteiger partial charge in [-0.3, -0.25) is 9.59 Å². The molecule has 0 N–H and O–H groups in total. The van der Waals surface area contributed by atoms with Crippen molar-refractivity contribution < 1.29 is 9.59 Å². The average molecular weight is 289 g/mol. The molecule has 0 heterocycles. The fourth-order valence-corrected chi connectivity index (χ4v) is 2.41. The van der Waals surface area contributed by atoms with E-state index in [1.165, 1.54) is 0 Å². The third kappa shape index (κ3) is 2.31. The van der Waals surface area contributed by atoms with Crippen molar-refractivity contribution in [3.8, 4) is 0 Å². The van der Waals surface area contributed by atoms with Gasteiger partial charge in [0.05, 0.1) is 5.56 Å². The summed E-state index contributed by atoms with van der Waals surface area (Å²) in [5.41, 5.74) is 1.30. The van der Waals surface area contributed by atoms with E-state index in [-0.39, 0.29) is 17.0 Å². The largest absolute Gasteiger partial charge is 0.298 e. The van der Waals surface area contributed by atoms with Crippen LogP contribution in [0.3, 0.4) is 0 Å². The zero-order valence-corrected chi connectivity index (χ0v) is 11.5. The first-order chi connectivity index (χ1) is 10.7. The molecule has 3 rings (SSSR count). The highest BCUT2D eigenvalue weighted by atomic mass is 16.3. The SMILES string of the molecule is O=Cc1ccc(C(=O)c2ccc3ccccc3c2N=O)cc1. The van der Waals surface area contributed by atoms with Crippen molar-refractivity contribution in [1.82, 2.24) is 0 Å². The third-order valence-electron chi connectivity index (χ3n) is 3.55. The number of rotatable bonds is 4. The molecule has 0 fully saturated rings. The number of nitroso groups, excluding NO2 is 1. The van der Waals surface area contributed by atoms with Crippen molar-refractivity contribution in [3.05, 3.63) is 82.3 Å². The highest BCUT2D eigenvalue weighted by molar-refractivity contribution is 6.15. The summed E-state index contributed by atoms with van der Waals surface area (Å²) in [5, 5.41) is 4.55. The standard InChI is InChI=1S/C18H11NO3/c20-11-12-5-7-14(8-6-12)18(21)16-10-9-13-3-1-2-4-15(13)17(16)19-22/h1-11H. The number of fused-ring (bicyclic) bond motifs is 1. The van der Waals surface area contributed by atoms with Gasteiger partial charge in [0.25, 0.3) is 0 Å². The molecule has 0 bridgehead atoms. The molecule has 0 aromatic heterocycles. The van der Waals surface area contributed by atoms with E-state index in [2.05, 4.69) is 5.18 Å². The molecule has 0 amide bonds. The summed E-state index contributed by atoms with van der Waals surface area (Å²) in [5.74, 6) is -0.294. The molecule has 106 valence electrons. The normalized spacial score (nSPS) is 10.4. The lowest BCUT2D eigenvalue weighted by Gasteiger charge is -2.07. The maximum atomic E-state index is 12.6. The molecule has 0 aliphatic carbocycles. The molecule has 3 aromatic rings. The molecule has 0 radical (unpaired) electrons. The van der Waals surface area contributed by atoms with E-state index in [1.54, 1.807) is 48.5 Å². The first-order valence-corrected chi connectivity index (χ1v) is 6.69. The Morgan fingerprint density at radius 1 is 0.909 bits per heavy atom. The van der Waals surface area contributed by atoms with E-state index in [1.807, 2.05) is 12.1 Å². The minimum absolute atomic E-state index is 0.141. The number of ketones is 1. The first kappa shape index (κ1) is 13.8. The van der Waals surface area contributed by atoms with Gasteiger partial charge in [0.1, 0.15) is 12.0 Å². The van der Waals surface area contributed by atoms with Crippen molar-refractivity contribution in [3.63, 3.8) is 0 Å². The molecule has 0 aliphatic heterocycles. The second-order valence-corrected chi connectivity index (χ2v) is 4.84. The number of carbonyl (C=O) groups excluding carboxylic acids is 2. The third-order valence-corrected chi connectivity index (χ3v) is 3.55. The predicted molar refractivity (Wildman–Crippen MR) is 84.7 cm³/mol. The van der Waals surface area contributed by atoms with Crippen LogP contribution in [0.4, 0.5) is 5.69 Å². The Kier molecular flexibility index (Phi) is 3.58. The summed E-state index contributed by atoms with van der Waals surface area (Å²) in [6.45, 7) is 0. The van der Waals surface area contributed by atoms with Crippen LogP contribution in [-0.2, 0) is 0 Å².